The Hall–Kier alpha value is -3.46. The number of fused-ring (bicyclic) bond motifs is 1. The van der Waals surface area contributed by atoms with Crippen LogP contribution >= 0.6 is 11.8 Å². The number of thioether (sulfide) groups is 1. The minimum atomic E-state index is -0.762. The molecule has 3 rings (SSSR count). The standard InChI is InChI=1S/C21H20N2O6S/c1-27-12-8-9-15(16(10-12)28-2)22-17(24)11-30-20-18(21(26)29-3)19(25)13-6-4-5-7-14(13)23-20/h4-10H,11H2,1-3H3,(H,22,24)(H,23,25). The second-order valence-corrected chi connectivity index (χ2v) is 7.08. The van der Waals surface area contributed by atoms with Crippen LogP contribution in [0, 0.1) is 0 Å². The molecule has 30 heavy (non-hydrogen) atoms. The van der Waals surface area contributed by atoms with Gasteiger partial charge in [0.25, 0.3) is 0 Å². The molecule has 156 valence electrons. The largest absolute Gasteiger partial charge is 0.497 e. The summed E-state index contributed by atoms with van der Waals surface area (Å²) in [6, 6.07) is 11.8. The van der Waals surface area contributed by atoms with Crippen LogP contribution in [-0.4, -0.2) is 43.9 Å². The Labute approximate surface area is 176 Å². The number of hydrogen-bond acceptors (Lipinski definition) is 7. The Morgan fingerprint density at radius 1 is 1.07 bits per heavy atom. The number of rotatable bonds is 7. The first-order chi connectivity index (χ1) is 14.5. The quantitative estimate of drug-likeness (QED) is 0.440. The van der Waals surface area contributed by atoms with Crippen molar-refractivity contribution in [3.8, 4) is 11.5 Å². The van der Waals surface area contributed by atoms with Gasteiger partial charge < -0.3 is 24.5 Å². The number of H-pyrrole nitrogens is 1. The van der Waals surface area contributed by atoms with Gasteiger partial charge in [-0.05, 0) is 24.3 Å². The van der Waals surface area contributed by atoms with E-state index >= 15 is 0 Å². The van der Waals surface area contributed by atoms with Gasteiger partial charge in [-0.3, -0.25) is 9.59 Å². The highest BCUT2D eigenvalue weighted by Gasteiger charge is 2.21. The maximum absolute atomic E-state index is 12.8. The summed E-state index contributed by atoms with van der Waals surface area (Å²) >= 11 is 1.03. The molecule has 9 heteroatoms. The number of esters is 1. The van der Waals surface area contributed by atoms with Crippen molar-refractivity contribution in [1.29, 1.82) is 0 Å². The molecular formula is C21H20N2O6S. The van der Waals surface area contributed by atoms with E-state index in [9.17, 15) is 14.4 Å². The summed E-state index contributed by atoms with van der Waals surface area (Å²) in [4.78, 5) is 40.5. The van der Waals surface area contributed by atoms with Crippen LogP contribution in [0.4, 0.5) is 5.69 Å². The zero-order valence-electron chi connectivity index (χ0n) is 16.6. The normalized spacial score (nSPS) is 10.5. The number of pyridine rings is 1. The van der Waals surface area contributed by atoms with E-state index in [1.54, 1.807) is 42.5 Å². The summed E-state index contributed by atoms with van der Waals surface area (Å²) < 4.78 is 15.2. The average Bonchev–Trinajstić information content (AvgIpc) is 2.77. The van der Waals surface area contributed by atoms with Crippen molar-refractivity contribution < 1.29 is 23.8 Å². The van der Waals surface area contributed by atoms with Gasteiger partial charge in [-0.1, -0.05) is 23.9 Å². The van der Waals surface area contributed by atoms with Crippen LogP contribution in [0.15, 0.2) is 52.3 Å². The fraction of sp³-hybridized carbons (Fsp3) is 0.190. The van der Waals surface area contributed by atoms with Crippen LogP contribution in [0.5, 0.6) is 11.5 Å². The molecule has 0 radical (unpaired) electrons. The fourth-order valence-electron chi connectivity index (χ4n) is 2.83. The monoisotopic (exact) mass is 428 g/mol. The molecule has 1 aromatic heterocycles. The third-order valence-corrected chi connectivity index (χ3v) is 5.30. The number of aromatic nitrogens is 1. The number of anilines is 1. The number of carbonyl (C=O) groups excluding carboxylic acids is 2. The van der Waals surface area contributed by atoms with Gasteiger partial charge in [-0.25, -0.2) is 4.79 Å². The van der Waals surface area contributed by atoms with Gasteiger partial charge in [-0.15, -0.1) is 0 Å². The first kappa shape index (κ1) is 21.3. The van der Waals surface area contributed by atoms with Crippen molar-refractivity contribution in [2.45, 2.75) is 5.03 Å². The number of benzene rings is 2. The molecule has 0 unspecified atom stereocenters. The lowest BCUT2D eigenvalue weighted by Crippen LogP contribution is -2.20. The second kappa shape index (κ2) is 9.36. The minimum absolute atomic E-state index is 0.0482. The topological polar surface area (TPSA) is 107 Å². The smallest absolute Gasteiger partial charge is 0.344 e. The molecule has 0 aliphatic heterocycles. The molecule has 0 aliphatic carbocycles. The number of ether oxygens (including phenoxy) is 3. The number of aromatic amines is 1. The molecule has 0 bridgehead atoms. The van der Waals surface area contributed by atoms with Gasteiger partial charge >= 0.3 is 5.97 Å². The lowest BCUT2D eigenvalue weighted by Gasteiger charge is -2.12. The molecule has 0 saturated carbocycles. The molecule has 1 amide bonds. The van der Waals surface area contributed by atoms with Crippen LogP contribution in [0.2, 0.25) is 0 Å². The molecule has 2 N–H and O–H groups in total. The van der Waals surface area contributed by atoms with Crippen molar-refractivity contribution in [2.75, 3.05) is 32.4 Å². The summed E-state index contributed by atoms with van der Waals surface area (Å²) in [6.45, 7) is 0. The zero-order valence-corrected chi connectivity index (χ0v) is 17.4. The molecule has 3 aromatic rings. The number of methoxy groups -OCH3 is 3. The molecule has 8 nitrogen and oxygen atoms in total. The van der Waals surface area contributed by atoms with Crippen LogP contribution < -0.4 is 20.2 Å². The van der Waals surface area contributed by atoms with E-state index < -0.39 is 11.4 Å². The maximum Gasteiger partial charge on any atom is 0.344 e. The zero-order chi connectivity index (χ0) is 21.7. The summed E-state index contributed by atoms with van der Waals surface area (Å²) in [5.74, 6) is -0.110. The average molecular weight is 428 g/mol. The second-order valence-electron chi connectivity index (χ2n) is 6.10. The molecule has 0 fully saturated rings. The summed E-state index contributed by atoms with van der Waals surface area (Å²) in [5.41, 5.74) is 0.464. The number of hydrogen-bond donors (Lipinski definition) is 2. The predicted molar refractivity (Wildman–Crippen MR) is 115 cm³/mol. The van der Waals surface area contributed by atoms with Crippen molar-refractivity contribution in [1.82, 2.24) is 4.98 Å². The predicted octanol–water partition coefficient (Wildman–Crippen LogP) is 3.06. The van der Waals surface area contributed by atoms with Crippen molar-refractivity contribution in [3.63, 3.8) is 0 Å². The Morgan fingerprint density at radius 2 is 1.83 bits per heavy atom. The maximum atomic E-state index is 12.8. The van der Waals surface area contributed by atoms with Crippen LogP contribution in [-0.2, 0) is 9.53 Å². The van der Waals surface area contributed by atoms with Crippen LogP contribution in [0.1, 0.15) is 10.4 Å². The summed E-state index contributed by atoms with van der Waals surface area (Å²) in [5, 5.41) is 3.39. The first-order valence-corrected chi connectivity index (χ1v) is 9.85. The number of nitrogens with one attached hydrogen (secondary N) is 2. The lowest BCUT2D eigenvalue weighted by molar-refractivity contribution is -0.113. The molecule has 0 saturated heterocycles. The van der Waals surface area contributed by atoms with Gasteiger partial charge in [0.15, 0.2) is 0 Å². The van der Waals surface area contributed by atoms with E-state index in [0.717, 1.165) is 11.8 Å². The molecule has 0 spiro atoms. The van der Waals surface area contributed by atoms with E-state index in [0.29, 0.717) is 28.1 Å². The third-order valence-electron chi connectivity index (χ3n) is 4.29. The number of carbonyl (C=O) groups is 2. The Balaban J connectivity index is 1.84. The van der Waals surface area contributed by atoms with E-state index in [1.165, 1.54) is 21.3 Å². The van der Waals surface area contributed by atoms with E-state index in [1.807, 2.05) is 0 Å². The lowest BCUT2D eigenvalue weighted by atomic mass is 10.1. The van der Waals surface area contributed by atoms with Gasteiger partial charge in [-0.2, -0.15) is 0 Å². The first-order valence-electron chi connectivity index (χ1n) is 8.86. The molecule has 1 heterocycles. The van der Waals surface area contributed by atoms with E-state index in [4.69, 9.17) is 14.2 Å². The van der Waals surface area contributed by atoms with Gasteiger partial charge in [0.05, 0.1) is 43.3 Å². The number of amides is 1. The fourth-order valence-corrected chi connectivity index (χ4v) is 3.68. The van der Waals surface area contributed by atoms with Crippen LogP contribution in [0.25, 0.3) is 10.9 Å². The highest BCUT2D eigenvalue weighted by Crippen LogP contribution is 2.29. The van der Waals surface area contributed by atoms with Crippen LogP contribution in [0.3, 0.4) is 0 Å². The highest BCUT2D eigenvalue weighted by molar-refractivity contribution is 8.00. The number of para-hydroxylation sites is 1. The van der Waals surface area contributed by atoms with E-state index in [-0.39, 0.29) is 22.2 Å². The highest BCUT2D eigenvalue weighted by atomic mass is 32.2. The van der Waals surface area contributed by atoms with Crippen molar-refractivity contribution >= 4 is 40.2 Å². The molecule has 2 aromatic carbocycles. The summed E-state index contributed by atoms with van der Waals surface area (Å²) in [7, 11) is 4.22. The Kier molecular flexibility index (Phi) is 6.63. The SMILES string of the molecule is COC(=O)c1c(SCC(=O)Nc2ccc(OC)cc2OC)[nH]c2ccccc2c1=O. The molecular weight excluding hydrogens is 408 g/mol. The van der Waals surface area contributed by atoms with Gasteiger partial charge in [0.2, 0.25) is 11.3 Å². The van der Waals surface area contributed by atoms with Crippen molar-refractivity contribution in [3.05, 3.63) is 58.3 Å². The molecule has 0 aliphatic rings. The Morgan fingerprint density at radius 3 is 2.53 bits per heavy atom. The van der Waals surface area contributed by atoms with Gasteiger partial charge in [0.1, 0.15) is 17.1 Å². The third kappa shape index (κ3) is 4.41. The van der Waals surface area contributed by atoms with Gasteiger partial charge in [0, 0.05) is 11.5 Å². The minimum Gasteiger partial charge on any atom is -0.497 e. The molecule has 0 atom stereocenters. The van der Waals surface area contributed by atoms with Crippen molar-refractivity contribution in [2.24, 2.45) is 0 Å². The Bertz CT molecular complexity index is 1160. The van der Waals surface area contributed by atoms with E-state index in [2.05, 4.69) is 10.3 Å². The summed E-state index contributed by atoms with van der Waals surface area (Å²) in [6.07, 6.45) is 0.